The average Bonchev–Trinajstić information content (AvgIpc) is 3.29. The molecule has 2 aliphatic heterocycles. The summed E-state index contributed by atoms with van der Waals surface area (Å²) in [6.07, 6.45) is 3.13. The van der Waals surface area contributed by atoms with Gasteiger partial charge in [0, 0.05) is 12.3 Å². The molecule has 0 radical (unpaired) electrons. The lowest BCUT2D eigenvalue weighted by Crippen LogP contribution is -2.27. The summed E-state index contributed by atoms with van der Waals surface area (Å²) in [7, 11) is 0. The van der Waals surface area contributed by atoms with Crippen LogP contribution >= 0.6 is 0 Å². The topological polar surface area (TPSA) is 83.5 Å². The molecule has 2 aliphatic rings. The Labute approximate surface area is 180 Å². The fourth-order valence-corrected chi connectivity index (χ4v) is 3.42. The van der Waals surface area contributed by atoms with Gasteiger partial charge in [-0.1, -0.05) is 43.0 Å². The molecule has 0 amide bonds. The third-order valence-electron chi connectivity index (χ3n) is 5.06. The van der Waals surface area contributed by atoms with Crippen LogP contribution in [0.3, 0.4) is 0 Å². The first-order valence-corrected chi connectivity index (χ1v) is 10.0. The number of aliphatic hydroxyl groups excluding tert-OH is 1. The number of hydrogen-bond donors (Lipinski definition) is 1. The molecule has 31 heavy (non-hydrogen) atoms. The third kappa shape index (κ3) is 5.07. The number of hydrogen-bond acceptors (Lipinski definition) is 7. The van der Waals surface area contributed by atoms with Crippen LogP contribution in [0, 0.1) is 0 Å². The fraction of sp³-hybridized carbons (Fsp3) is 0.292. The molecule has 2 heterocycles. The fourth-order valence-electron chi connectivity index (χ4n) is 3.42. The third-order valence-corrected chi connectivity index (χ3v) is 5.06. The van der Waals surface area contributed by atoms with Crippen LogP contribution in [0.5, 0.6) is 11.5 Å². The van der Waals surface area contributed by atoms with Crippen LogP contribution in [0.2, 0.25) is 0 Å². The first-order valence-electron chi connectivity index (χ1n) is 10.0. The molecule has 0 aliphatic carbocycles. The number of benzene rings is 2. The first kappa shape index (κ1) is 21.0. The summed E-state index contributed by atoms with van der Waals surface area (Å²) in [6.45, 7) is 4.15. The Bertz CT molecular complexity index is 964. The predicted molar refractivity (Wildman–Crippen MR) is 111 cm³/mol. The van der Waals surface area contributed by atoms with Crippen molar-refractivity contribution >= 4 is 5.97 Å². The van der Waals surface area contributed by atoms with Gasteiger partial charge in [0.15, 0.2) is 11.5 Å². The molecular weight excluding hydrogens is 400 g/mol. The monoisotopic (exact) mass is 424 g/mol. The number of allylic oxidation sites excluding steroid dienone is 1. The summed E-state index contributed by atoms with van der Waals surface area (Å²) in [6, 6.07) is 13.2. The van der Waals surface area contributed by atoms with E-state index in [2.05, 4.69) is 6.58 Å². The minimum Gasteiger partial charge on any atom is -0.458 e. The van der Waals surface area contributed by atoms with Crippen molar-refractivity contribution in [2.45, 2.75) is 31.8 Å². The predicted octanol–water partition coefficient (Wildman–Crippen LogP) is 3.57. The van der Waals surface area contributed by atoms with E-state index in [1.165, 1.54) is 6.08 Å². The summed E-state index contributed by atoms with van der Waals surface area (Å²) in [5.74, 6) is 0.790. The van der Waals surface area contributed by atoms with Crippen molar-refractivity contribution in [3.63, 3.8) is 0 Å². The number of aliphatic hydroxyl groups is 1. The van der Waals surface area contributed by atoms with Crippen molar-refractivity contribution in [2.75, 3.05) is 13.4 Å². The van der Waals surface area contributed by atoms with E-state index in [-0.39, 0.29) is 31.7 Å². The van der Waals surface area contributed by atoms with Crippen molar-refractivity contribution in [1.29, 1.82) is 0 Å². The summed E-state index contributed by atoms with van der Waals surface area (Å²) in [5, 5.41) is 9.18. The molecule has 1 N–H and O–H groups in total. The van der Waals surface area contributed by atoms with E-state index >= 15 is 0 Å². The van der Waals surface area contributed by atoms with E-state index in [0.29, 0.717) is 24.5 Å². The van der Waals surface area contributed by atoms with Gasteiger partial charge in [-0.15, -0.1) is 0 Å². The van der Waals surface area contributed by atoms with Gasteiger partial charge in [-0.05, 0) is 34.9 Å². The van der Waals surface area contributed by atoms with Gasteiger partial charge in [-0.3, -0.25) is 0 Å². The molecule has 7 nitrogen and oxygen atoms in total. The molecule has 0 saturated heterocycles. The van der Waals surface area contributed by atoms with Gasteiger partial charge < -0.3 is 28.8 Å². The summed E-state index contributed by atoms with van der Waals surface area (Å²) >= 11 is 0. The lowest BCUT2D eigenvalue weighted by atomic mass is 9.92. The second kappa shape index (κ2) is 9.68. The number of fused-ring (bicyclic) bond motifs is 1. The molecule has 0 saturated carbocycles. The maximum Gasteiger partial charge on any atom is 0.373 e. The maximum atomic E-state index is 12.4. The number of ether oxygens (including phenoxy) is 5. The molecule has 4 rings (SSSR count). The molecule has 0 aromatic heterocycles. The number of esters is 1. The Hall–Kier alpha value is -3.29. The zero-order valence-corrected chi connectivity index (χ0v) is 17.0. The molecule has 7 heteroatoms. The van der Waals surface area contributed by atoms with E-state index in [9.17, 15) is 9.90 Å². The van der Waals surface area contributed by atoms with E-state index in [1.807, 2.05) is 42.5 Å². The van der Waals surface area contributed by atoms with Crippen molar-refractivity contribution in [3.8, 4) is 11.5 Å². The smallest absolute Gasteiger partial charge is 0.373 e. The van der Waals surface area contributed by atoms with Crippen LogP contribution in [0.25, 0.3) is 0 Å². The SMILES string of the molecule is C=CCOC(=O)C1=C[C@@H](c2ccc3c(c2)OCO3)C[C@@H](OCc2ccc(CO)cc2)O1. The van der Waals surface area contributed by atoms with Crippen LogP contribution in [-0.4, -0.2) is 30.8 Å². The highest BCUT2D eigenvalue weighted by Gasteiger charge is 2.30. The van der Waals surface area contributed by atoms with Crippen molar-refractivity contribution in [1.82, 2.24) is 0 Å². The van der Waals surface area contributed by atoms with Gasteiger partial charge in [-0.2, -0.15) is 0 Å². The molecule has 0 fully saturated rings. The number of rotatable bonds is 8. The molecule has 2 atom stereocenters. The molecule has 2 aromatic carbocycles. The van der Waals surface area contributed by atoms with E-state index in [1.54, 1.807) is 6.08 Å². The lowest BCUT2D eigenvalue weighted by Gasteiger charge is -2.29. The second-order valence-corrected chi connectivity index (χ2v) is 7.21. The minimum atomic E-state index is -0.635. The molecular formula is C24H24O7. The van der Waals surface area contributed by atoms with Crippen molar-refractivity contribution < 1.29 is 33.6 Å². The van der Waals surface area contributed by atoms with E-state index < -0.39 is 12.3 Å². The highest BCUT2D eigenvalue weighted by molar-refractivity contribution is 5.86. The highest BCUT2D eigenvalue weighted by Crippen LogP contribution is 2.38. The maximum absolute atomic E-state index is 12.4. The molecule has 0 unspecified atom stereocenters. The standard InChI is InChI=1S/C24H24O7/c1-2-9-27-24(26)22-11-19(18-7-8-20-21(10-18)30-15-29-20)12-23(31-22)28-14-17-5-3-16(13-25)4-6-17/h2-8,10-11,19,23,25H,1,9,12-15H2/t19-,23+/m1/s1. The summed E-state index contributed by atoms with van der Waals surface area (Å²) in [5.41, 5.74) is 2.73. The second-order valence-electron chi connectivity index (χ2n) is 7.21. The van der Waals surface area contributed by atoms with Crippen LogP contribution in [0.15, 0.2) is 67.0 Å². The Balaban J connectivity index is 1.50. The summed E-state index contributed by atoms with van der Waals surface area (Å²) < 4.78 is 27.8. The lowest BCUT2D eigenvalue weighted by molar-refractivity contribution is -0.163. The minimum absolute atomic E-state index is 0.00887. The van der Waals surface area contributed by atoms with Crippen LogP contribution in [0.1, 0.15) is 29.0 Å². The largest absolute Gasteiger partial charge is 0.458 e. The summed E-state index contributed by atoms with van der Waals surface area (Å²) in [4.78, 5) is 12.4. The van der Waals surface area contributed by atoms with Gasteiger partial charge in [0.1, 0.15) is 6.61 Å². The van der Waals surface area contributed by atoms with E-state index in [0.717, 1.165) is 16.7 Å². The van der Waals surface area contributed by atoms with Crippen LogP contribution in [-0.2, 0) is 32.2 Å². The van der Waals surface area contributed by atoms with Gasteiger partial charge in [0.25, 0.3) is 0 Å². The van der Waals surface area contributed by atoms with Gasteiger partial charge in [0.2, 0.25) is 18.8 Å². The zero-order chi connectivity index (χ0) is 21.6. The Morgan fingerprint density at radius 2 is 1.90 bits per heavy atom. The Morgan fingerprint density at radius 3 is 2.68 bits per heavy atom. The first-order chi connectivity index (χ1) is 15.2. The van der Waals surface area contributed by atoms with Gasteiger partial charge >= 0.3 is 5.97 Å². The molecule has 2 aromatic rings. The average molecular weight is 424 g/mol. The van der Waals surface area contributed by atoms with Gasteiger partial charge in [-0.25, -0.2) is 4.79 Å². The quantitative estimate of drug-likeness (QED) is 0.512. The Kier molecular flexibility index (Phi) is 6.54. The normalized spacial score (nSPS) is 19.3. The van der Waals surface area contributed by atoms with E-state index in [4.69, 9.17) is 23.7 Å². The number of carbonyl (C=O) groups is 1. The zero-order valence-electron chi connectivity index (χ0n) is 17.0. The van der Waals surface area contributed by atoms with Crippen LogP contribution in [0.4, 0.5) is 0 Å². The van der Waals surface area contributed by atoms with Crippen molar-refractivity contribution in [3.05, 3.63) is 83.6 Å². The van der Waals surface area contributed by atoms with Crippen LogP contribution < -0.4 is 9.47 Å². The van der Waals surface area contributed by atoms with Gasteiger partial charge in [0.05, 0.1) is 13.2 Å². The molecule has 0 bridgehead atoms. The highest BCUT2D eigenvalue weighted by atomic mass is 16.7. The Morgan fingerprint density at radius 1 is 1.13 bits per heavy atom. The molecule has 0 spiro atoms. The van der Waals surface area contributed by atoms with Crippen molar-refractivity contribution in [2.24, 2.45) is 0 Å². The molecule has 162 valence electrons. The number of carbonyl (C=O) groups excluding carboxylic acids is 1.